The lowest BCUT2D eigenvalue weighted by atomic mass is 10.3. The molecule has 4 nitrogen and oxygen atoms in total. The Morgan fingerprint density at radius 1 is 1.57 bits per heavy atom. The van der Waals surface area contributed by atoms with Gasteiger partial charge in [-0.25, -0.2) is 4.98 Å². The maximum absolute atomic E-state index is 5.49. The number of nitrogens with zero attached hydrogens (tertiary/aromatic N) is 1. The van der Waals surface area contributed by atoms with E-state index >= 15 is 0 Å². The number of thiazole rings is 1. The molecule has 1 aromatic rings. The van der Waals surface area contributed by atoms with E-state index in [-0.39, 0.29) is 6.10 Å². The normalized spacial score (nSPS) is 22.4. The predicted octanol–water partition coefficient (Wildman–Crippen LogP) is 0.648. The third-order valence-corrected chi connectivity index (χ3v) is 2.80. The van der Waals surface area contributed by atoms with Gasteiger partial charge in [-0.2, -0.15) is 0 Å². The molecule has 1 aromatic heterocycles. The van der Waals surface area contributed by atoms with Crippen LogP contribution in [0.25, 0.3) is 0 Å². The monoisotopic (exact) mass is 214 g/mol. The lowest BCUT2D eigenvalue weighted by Crippen LogP contribution is -2.37. The molecule has 1 unspecified atom stereocenters. The van der Waals surface area contributed by atoms with Gasteiger partial charge in [0.05, 0.1) is 25.9 Å². The second kappa shape index (κ2) is 5.41. The maximum Gasteiger partial charge on any atom is 0.106 e. The Labute approximate surface area is 87.3 Å². The minimum Gasteiger partial charge on any atom is -0.376 e. The molecule has 2 heterocycles. The molecule has 1 aliphatic heterocycles. The van der Waals surface area contributed by atoms with Gasteiger partial charge < -0.3 is 14.8 Å². The van der Waals surface area contributed by atoms with Gasteiger partial charge in [0.25, 0.3) is 0 Å². The van der Waals surface area contributed by atoms with Gasteiger partial charge in [0.15, 0.2) is 0 Å². The molecule has 1 atom stereocenters. The molecule has 78 valence electrons. The molecule has 1 fully saturated rings. The maximum atomic E-state index is 5.49. The third-order valence-electron chi connectivity index (χ3n) is 2.02. The summed E-state index contributed by atoms with van der Waals surface area (Å²) in [4.78, 5) is 4.18. The second-order valence-electron chi connectivity index (χ2n) is 3.12. The highest BCUT2D eigenvalue weighted by molar-refractivity contribution is 7.09. The van der Waals surface area contributed by atoms with E-state index in [4.69, 9.17) is 9.47 Å². The average molecular weight is 214 g/mol. The largest absolute Gasteiger partial charge is 0.376 e. The van der Waals surface area contributed by atoms with Gasteiger partial charge >= 0.3 is 0 Å². The van der Waals surface area contributed by atoms with Crippen molar-refractivity contribution in [3.8, 4) is 0 Å². The van der Waals surface area contributed by atoms with Crippen LogP contribution in [0.4, 0.5) is 0 Å². The van der Waals surface area contributed by atoms with Crippen LogP contribution in [0.3, 0.4) is 0 Å². The van der Waals surface area contributed by atoms with Crippen LogP contribution in [-0.2, 0) is 16.0 Å². The Kier molecular flexibility index (Phi) is 3.88. The highest BCUT2D eigenvalue weighted by Crippen LogP contribution is 2.03. The average Bonchev–Trinajstić information content (AvgIpc) is 2.72. The minimum atomic E-state index is 0.198. The van der Waals surface area contributed by atoms with Gasteiger partial charge in [-0.1, -0.05) is 0 Å². The fourth-order valence-corrected chi connectivity index (χ4v) is 1.92. The van der Waals surface area contributed by atoms with E-state index in [9.17, 15) is 0 Å². The van der Waals surface area contributed by atoms with Crippen molar-refractivity contribution >= 4 is 11.3 Å². The summed E-state index contributed by atoms with van der Waals surface area (Å²) < 4.78 is 10.8. The fraction of sp³-hybridized carbons (Fsp3) is 0.667. The number of rotatable bonds is 4. The molecule has 0 amide bonds. The van der Waals surface area contributed by atoms with Crippen LogP contribution in [0.2, 0.25) is 0 Å². The first kappa shape index (κ1) is 10.0. The van der Waals surface area contributed by atoms with Gasteiger partial charge in [-0.3, -0.25) is 0 Å². The quantitative estimate of drug-likeness (QED) is 0.799. The molecule has 0 saturated carbocycles. The molecule has 0 bridgehead atoms. The molecule has 1 N–H and O–H groups in total. The molecule has 2 rings (SSSR count). The third kappa shape index (κ3) is 3.02. The molecule has 0 aromatic carbocycles. The van der Waals surface area contributed by atoms with E-state index in [0.29, 0.717) is 13.2 Å². The molecule has 1 aliphatic rings. The van der Waals surface area contributed by atoms with Crippen molar-refractivity contribution in [3.63, 3.8) is 0 Å². The van der Waals surface area contributed by atoms with E-state index in [2.05, 4.69) is 10.3 Å². The first-order valence-electron chi connectivity index (χ1n) is 4.73. The molecule has 14 heavy (non-hydrogen) atoms. The highest BCUT2D eigenvalue weighted by atomic mass is 32.1. The molecular formula is C9H14N2O2S. The molecular weight excluding hydrogens is 200 g/mol. The van der Waals surface area contributed by atoms with E-state index < -0.39 is 0 Å². The first-order valence-corrected chi connectivity index (χ1v) is 5.61. The van der Waals surface area contributed by atoms with Crippen molar-refractivity contribution in [1.82, 2.24) is 10.3 Å². The van der Waals surface area contributed by atoms with Crippen LogP contribution in [0.1, 0.15) is 5.01 Å². The molecule has 5 heteroatoms. The summed E-state index contributed by atoms with van der Waals surface area (Å²) in [6.45, 7) is 3.79. The van der Waals surface area contributed by atoms with E-state index in [1.165, 1.54) is 0 Å². The van der Waals surface area contributed by atoms with E-state index in [0.717, 1.165) is 24.7 Å². The molecule has 1 saturated heterocycles. The summed E-state index contributed by atoms with van der Waals surface area (Å²) in [5.41, 5.74) is 0. The Hall–Kier alpha value is -0.490. The van der Waals surface area contributed by atoms with Crippen molar-refractivity contribution in [2.24, 2.45) is 0 Å². The molecule has 0 aliphatic carbocycles. The first-order chi connectivity index (χ1) is 6.95. The fourth-order valence-electron chi connectivity index (χ4n) is 1.33. The smallest absolute Gasteiger partial charge is 0.106 e. The zero-order valence-corrected chi connectivity index (χ0v) is 8.76. The van der Waals surface area contributed by atoms with Gasteiger partial charge in [-0.05, 0) is 0 Å². The summed E-state index contributed by atoms with van der Waals surface area (Å²) in [5.74, 6) is 0. The van der Waals surface area contributed by atoms with E-state index in [1.807, 2.05) is 11.6 Å². The summed E-state index contributed by atoms with van der Waals surface area (Å²) >= 11 is 1.66. The second-order valence-corrected chi connectivity index (χ2v) is 4.10. The van der Waals surface area contributed by atoms with Crippen molar-refractivity contribution in [2.75, 3.05) is 26.4 Å². The van der Waals surface area contributed by atoms with Crippen LogP contribution in [-0.4, -0.2) is 37.5 Å². The van der Waals surface area contributed by atoms with E-state index in [1.54, 1.807) is 11.3 Å². The standard InChI is InChI=1S/C9H14N2O2S/c1-4-14-9(11-1)6-10-5-8-7-12-2-3-13-8/h1,4,8,10H,2-3,5-7H2. The Balaban J connectivity index is 1.62. The molecule has 0 radical (unpaired) electrons. The van der Waals surface area contributed by atoms with Crippen LogP contribution < -0.4 is 5.32 Å². The number of nitrogens with one attached hydrogen (secondary N) is 1. The lowest BCUT2D eigenvalue weighted by Gasteiger charge is -2.22. The summed E-state index contributed by atoms with van der Waals surface area (Å²) in [7, 11) is 0. The number of hydrogen-bond donors (Lipinski definition) is 1. The van der Waals surface area contributed by atoms with Crippen LogP contribution in [0.5, 0.6) is 0 Å². The summed E-state index contributed by atoms with van der Waals surface area (Å²) in [5, 5.41) is 6.40. The topological polar surface area (TPSA) is 43.4 Å². The van der Waals surface area contributed by atoms with Gasteiger partial charge in [-0.15, -0.1) is 11.3 Å². The van der Waals surface area contributed by atoms with Gasteiger partial charge in [0.2, 0.25) is 0 Å². The Morgan fingerprint density at radius 3 is 3.29 bits per heavy atom. The van der Waals surface area contributed by atoms with Gasteiger partial charge in [0.1, 0.15) is 5.01 Å². The van der Waals surface area contributed by atoms with Crippen LogP contribution in [0, 0.1) is 0 Å². The minimum absolute atomic E-state index is 0.198. The Bertz CT molecular complexity index is 247. The van der Waals surface area contributed by atoms with Crippen molar-refractivity contribution in [3.05, 3.63) is 16.6 Å². The number of ether oxygens (including phenoxy) is 2. The zero-order valence-electron chi connectivity index (χ0n) is 7.94. The summed E-state index contributed by atoms with van der Waals surface area (Å²) in [6, 6.07) is 0. The summed E-state index contributed by atoms with van der Waals surface area (Å²) in [6.07, 6.45) is 2.02. The van der Waals surface area contributed by atoms with Crippen LogP contribution in [0.15, 0.2) is 11.6 Å². The van der Waals surface area contributed by atoms with Crippen molar-refractivity contribution < 1.29 is 9.47 Å². The molecule has 0 spiro atoms. The lowest BCUT2D eigenvalue weighted by molar-refractivity contribution is -0.0864. The zero-order chi connectivity index (χ0) is 9.64. The van der Waals surface area contributed by atoms with Crippen molar-refractivity contribution in [1.29, 1.82) is 0 Å². The van der Waals surface area contributed by atoms with Crippen molar-refractivity contribution in [2.45, 2.75) is 12.6 Å². The Morgan fingerprint density at radius 2 is 2.57 bits per heavy atom. The highest BCUT2D eigenvalue weighted by Gasteiger charge is 2.13. The predicted molar refractivity (Wildman–Crippen MR) is 54.4 cm³/mol. The SMILES string of the molecule is c1csc(CNCC2COCCO2)n1. The van der Waals surface area contributed by atoms with Gasteiger partial charge in [0, 0.05) is 24.7 Å². The number of hydrogen-bond acceptors (Lipinski definition) is 5. The number of aromatic nitrogens is 1. The van der Waals surface area contributed by atoms with Crippen LogP contribution >= 0.6 is 11.3 Å².